The van der Waals surface area contributed by atoms with E-state index in [1.165, 1.54) is 12.4 Å². The SMILES string of the molecule is C[C@@H]1C2CCN(C(=O)c3ncc(-c4ccnc(C#N)c4)o3)C2CN1C#N. The standard InChI is InChI=1S/C18H16N6O2/c1-11-14-3-5-24(15(14)9-23(11)10-20)18(25)17-22-8-16(26-17)12-2-4-21-13(6-12)7-19/h2,4,6,8,11,14-15H,3,5,9H2,1H3/t11-,14?,15?/m1/s1. The van der Waals surface area contributed by atoms with E-state index in [0.717, 1.165) is 6.42 Å². The number of likely N-dealkylation sites (tertiary alicyclic amines) is 2. The second-order valence-electron chi connectivity index (χ2n) is 6.58. The lowest BCUT2D eigenvalue weighted by Crippen LogP contribution is -2.39. The van der Waals surface area contributed by atoms with E-state index in [1.807, 2.05) is 13.0 Å². The van der Waals surface area contributed by atoms with Gasteiger partial charge in [0.25, 0.3) is 5.89 Å². The van der Waals surface area contributed by atoms with Gasteiger partial charge in [-0.25, -0.2) is 9.97 Å². The first-order chi connectivity index (χ1) is 12.6. The molecule has 2 aliphatic heterocycles. The lowest BCUT2D eigenvalue weighted by Gasteiger charge is -2.22. The quantitative estimate of drug-likeness (QED) is 0.758. The van der Waals surface area contributed by atoms with Crippen LogP contribution in [0.25, 0.3) is 11.3 Å². The average molecular weight is 348 g/mol. The zero-order valence-corrected chi connectivity index (χ0v) is 14.2. The van der Waals surface area contributed by atoms with Gasteiger partial charge in [-0.05, 0) is 25.5 Å². The number of carbonyl (C=O) groups is 1. The van der Waals surface area contributed by atoms with Crippen molar-refractivity contribution in [3.05, 3.63) is 36.1 Å². The molecule has 0 aliphatic carbocycles. The Morgan fingerprint density at radius 3 is 3.00 bits per heavy atom. The van der Waals surface area contributed by atoms with Gasteiger partial charge >= 0.3 is 5.91 Å². The van der Waals surface area contributed by atoms with Crippen LogP contribution in [0, 0.1) is 28.7 Å². The largest absolute Gasteiger partial charge is 0.432 e. The van der Waals surface area contributed by atoms with Crippen LogP contribution in [0.5, 0.6) is 0 Å². The van der Waals surface area contributed by atoms with Gasteiger partial charge in [0.2, 0.25) is 0 Å². The fourth-order valence-electron chi connectivity index (χ4n) is 3.93. The van der Waals surface area contributed by atoms with E-state index in [4.69, 9.17) is 9.68 Å². The van der Waals surface area contributed by atoms with Gasteiger partial charge in [0.05, 0.1) is 12.2 Å². The van der Waals surface area contributed by atoms with Crippen LogP contribution < -0.4 is 0 Å². The summed E-state index contributed by atoms with van der Waals surface area (Å²) in [5, 5.41) is 18.2. The van der Waals surface area contributed by atoms with Crippen LogP contribution in [0.2, 0.25) is 0 Å². The zero-order valence-electron chi connectivity index (χ0n) is 14.2. The number of hydrogen-bond acceptors (Lipinski definition) is 7. The molecule has 0 radical (unpaired) electrons. The normalized spacial score (nSPS) is 24.2. The highest BCUT2D eigenvalue weighted by Gasteiger charge is 2.48. The summed E-state index contributed by atoms with van der Waals surface area (Å²) in [5.41, 5.74) is 0.915. The molecule has 2 unspecified atom stereocenters. The second-order valence-corrected chi connectivity index (χ2v) is 6.58. The number of oxazole rings is 1. The van der Waals surface area contributed by atoms with Crippen LogP contribution >= 0.6 is 0 Å². The first-order valence-corrected chi connectivity index (χ1v) is 8.42. The molecule has 2 fully saturated rings. The van der Waals surface area contributed by atoms with Gasteiger partial charge < -0.3 is 14.2 Å². The third-order valence-corrected chi connectivity index (χ3v) is 5.33. The molecule has 26 heavy (non-hydrogen) atoms. The highest BCUT2D eigenvalue weighted by Crippen LogP contribution is 2.36. The Morgan fingerprint density at radius 1 is 1.38 bits per heavy atom. The number of carbonyl (C=O) groups excluding carboxylic acids is 1. The maximum atomic E-state index is 12.9. The summed E-state index contributed by atoms with van der Waals surface area (Å²) in [5.74, 6) is 0.484. The topological polar surface area (TPSA) is 110 Å². The Labute approximate surface area is 150 Å². The summed E-state index contributed by atoms with van der Waals surface area (Å²) in [6, 6.07) is 5.41. The maximum Gasteiger partial charge on any atom is 0.310 e. The summed E-state index contributed by atoms with van der Waals surface area (Å²) in [6.45, 7) is 3.22. The van der Waals surface area contributed by atoms with Crippen molar-refractivity contribution in [2.45, 2.75) is 25.4 Å². The molecule has 0 bridgehead atoms. The van der Waals surface area contributed by atoms with Gasteiger partial charge in [0.1, 0.15) is 11.8 Å². The molecule has 2 aromatic rings. The highest BCUT2D eigenvalue weighted by atomic mass is 16.4. The molecular weight excluding hydrogens is 332 g/mol. The van der Waals surface area contributed by atoms with Gasteiger partial charge in [-0.15, -0.1) is 0 Å². The lowest BCUT2D eigenvalue weighted by atomic mass is 9.98. The smallest absolute Gasteiger partial charge is 0.310 e. The third kappa shape index (κ3) is 2.47. The van der Waals surface area contributed by atoms with Crippen molar-refractivity contribution in [2.75, 3.05) is 13.1 Å². The molecule has 0 N–H and O–H groups in total. The zero-order chi connectivity index (χ0) is 18.3. The summed E-state index contributed by atoms with van der Waals surface area (Å²) in [6.07, 6.45) is 6.07. The number of rotatable bonds is 2. The second kappa shape index (κ2) is 6.16. The predicted octanol–water partition coefficient (Wildman–Crippen LogP) is 1.62. The number of nitrogens with zero attached hydrogens (tertiary/aromatic N) is 6. The molecule has 8 heteroatoms. The third-order valence-electron chi connectivity index (χ3n) is 5.33. The monoisotopic (exact) mass is 348 g/mol. The molecule has 8 nitrogen and oxygen atoms in total. The fourth-order valence-corrected chi connectivity index (χ4v) is 3.93. The molecule has 4 heterocycles. The summed E-state index contributed by atoms with van der Waals surface area (Å²) < 4.78 is 5.65. The molecule has 0 aromatic carbocycles. The summed E-state index contributed by atoms with van der Waals surface area (Å²) in [7, 11) is 0. The lowest BCUT2D eigenvalue weighted by molar-refractivity contribution is 0.0692. The van der Waals surface area contributed by atoms with Crippen LogP contribution in [0.4, 0.5) is 0 Å². The Balaban J connectivity index is 1.56. The number of pyridine rings is 1. The van der Waals surface area contributed by atoms with E-state index in [0.29, 0.717) is 30.3 Å². The maximum absolute atomic E-state index is 12.9. The van der Waals surface area contributed by atoms with E-state index in [1.54, 1.807) is 21.9 Å². The van der Waals surface area contributed by atoms with Crippen molar-refractivity contribution in [2.24, 2.45) is 5.92 Å². The minimum Gasteiger partial charge on any atom is -0.432 e. The highest BCUT2D eigenvalue weighted by molar-refractivity contribution is 5.90. The van der Waals surface area contributed by atoms with Gasteiger partial charge in [-0.1, -0.05) is 0 Å². The number of aromatic nitrogens is 2. The van der Waals surface area contributed by atoms with Crippen molar-refractivity contribution in [3.63, 3.8) is 0 Å². The minimum atomic E-state index is -0.259. The minimum absolute atomic E-state index is 0.0126. The van der Waals surface area contributed by atoms with Crippen molar-refractivity contribution >= 4 is 5.91 Å². The molecule has 3 atom stereocenters. The average Bonchev–Trinajstić information content (AvgIpc) is 3.38. The molecular formula is C18H16N6O2. The Bertz CT molecular complexity index is 940. The predicted molar refractivity (Wildman–Crippen MR) is 89.2 cm³/mol. The van der Waals surface area contributed by atoms with Gasteiger partial charge in [0.15, 0.2) is 12.0 Å². The molecule has 0 spiro atoms. The van der Waals surface area contributed by atoms with E-state index in [-0.39, 0.29) is 29.6 Å². The number of fused-ring (bicyclic) bond motifs is 1. The van der Waals surface area contributed by atoms with Crippen molar-refractivity contribution in [3.8, 4) is 23.6 Å². The van der Waals surface area contributed by atoms with Crippen molar-refractivity contribution in [1.82, 2.24) is 19.8 Å². The molecule has 4 rings (SSSR count). The van der Waals surface area contributed by atoms with Gasteiger partial charge in [-0.3, -0.25) is 4.79 Å². The van der Waals surface area contributed by atoms with Gasteiger partial charge in [-0.2, -0.15) is 10.5 Å². The van der Waals surface area contributed by atoms with Crippen LogP contribution in [0.1, 0.15) is 29.7 Å². The Kier molecular flexibility index (Phi) is 3.81. The first kappa shape index (κ1) is 16.1. The van der Waals surface area contributed by atoms with E-state index in [9.17, 15) is 10.1 Å². The van der Waals surface area contributed by atoms with Gasteiger partial charge in [0, 0.05) is 36.8 Å². The van der Waals surface area contributed by atoms with E-state index < -0.39 is 0 Å². The fraction of sp³-hybridized carbons (Fsp3) is 0.389. The van der Waals surface area contributed by atoms with Crippen molar-refractivity contribution in [1.29, 1.82) is 10.5 Å². The van der Waals surface area contributed by atoms with E-state index >= 15 is 0 Å². The molecule has 130 valence electrons. The van der Waals surface area contributed by atoms with Crippen LogP contribution in [-0.2, 0) is 0 Å². The summed E-state index contributed by atoms with van der Waals surface area (Å²) >= 11 is 0. The van der Waals surface area contributed by atoms with Crippen LogP contribution in [0.3, 0.4) is 0 Å². The number of amides is 1. The Hall–Kier alpha value is -3.39. The van der Waals surface area contributed by atoms with Crippen molar-refractivity contribution < 1.29 is 9.21 Å². The van der Waals surface area contributed by atoms with Crippen LogP contribution in [-0.4, -0.2) is 50.8 Å². The molecule has 2 aromatic heterocycles. The molecule has 2 saturated heterocycles. The number of hydrogen-bond donors (Lipinski definition) is 0. The first-order valence-electron chi connectivity index (χ1n) is 8.42. The molecule has 1 amide bonds. The van der Waals surface area contributed by atoms with E-state index in [2.05, 4.69) is 16.2 Å². The van der Waals surface area contributed by atoms with Crippen LogP contribution in [0.15, 0.2) is 28.9 Å². The Morgan fingerprint density at radius 2 is 2.23 bits per heavy atom. The summed E-state index contributed by atoms with van der Waals surface area (Å²) in [4.78, 5) is 24.4. The number of nitriles is 2. The molecule has 0 saturated carbocycles. The molecule has 2 aliphatic rings.